The van der Waals surface area contributed by atoms with Gasteiger partial charge >= 0.3 is 150 Å². The normalized spacial score (nSPS) is 15.8. The molecule has 3 rings (SSSR count). The Morgan fingerprint density at radius 1 is 0.958 bits per heavy atom. The first-order valence-corrected chi connectivity index (χ1v) is 15.3. The SMILES string of the molecule is C[CH2][Ge]([CH2]C)([CH2]C)[c]1cnc(-c2ccccc2)cc1C1CCCC1. The van der Waals surface area contributed by atoms with E-state index in [1.807, 2.05) is 0 Å². The predicted octanol–water partition coefficient (Wildman–Crippen LogP) is 6.12. The molecule has 2 aromatic rings. The van der Waals surface area contributed by atoms with Crippen molar-refractivity contribution in [3.8, 4) is 11.3 Å². The Labute approximate surface area is 150 Å². The topological polar surface area (TPSA) is 12.9 Å². The Morgan fingerprint density at radius 2 is 1.58 bits per heavy atom. The Morgan fingerprint density at radius 3 is 2.17 bits per heavy atom. The van der Waals surface area contributed by atoms with Gasteiger partial charge in [0.2, 0.25) is 0 Å². The number of benzene rings is 1. The molecule has 0 aliphatic heterocycles. The predicted molar refractivity (Wildman–Crippen MR) is 108 cm³/mol. The second kappa shape index (κ2) is 7.86. The van der Waals surface area contributed by atoms with Crippen LogP contribution in [0.5, 0.6) is 0 Å². The molecule has 1 aliphatic carbocycles. The summed E-state index contributed by atoms with van der Waals surface area (Å²) in [6.07, 6.45) is 7.85. The summed E-state index contributed by atoms with van der Waals surface area (Å²) in [5.74, 6) is 0.778. The van der Waals surface area contributed by atoms with Gasteiger partial charge in [0.15, 0.2) is 0 Å². The second-order valence-electron chi connectivity index (χ2n) is 7.35. The van der Waals surface area contributed by atoms with E-state index in [2.05, 4.69) is 63.4 Å². The Kier molecular flexibility index (Phi) is 5.81. The minimum atomic E-state index is -1.98. The number of hydrogen-bond donors (Lipinski definition) is 0. The quantitative estimate of drug-likeness (QED) is 0.549. The Bertz CT molecular complexity index is 647. The summed E-state index contributed by atoms with van der Waals surface area (Å²) in [4.78, 5) is 4.94. The van der Waals surface area contributed by atoms with Crippen LogP contribution in [0.2, 0.25) is 15.8 Å². The molecule has 2 heteroatoms. The van der Waals surface area contributed by atoms with Crippen LogP contribution in [-0.2, 0) is 0 Å². The maximum absolute atomic E-state index is 4.94. The van der Waals surface area contributed by atoms with Gasteiger partial charge in [-0.2, -0.15) is 0 Å². The summed E-state index contributed by atoms with van der Waals surface area (Å²) in [5, 5.41) is 4.16. The van der Waals surface area contributed by atoms with Gasteiger partial charge in [0.1, 0.15) is 0 Å². The van der Waals surface area contributed by atoms with Crippen molar-refractivity contribution in [1.29, 1.82) is 0 Å². The second-order valence-corrected chi connectivity index (χ2v) is 18.3. The molecule has 1 aromatic heterocycles. The van der Waals surface area contributed by atoms with Crippen LogP contribution in [0.3, 0.4) is 0 Å². The zero-order chi connectivity index (χ0) is 17.0. The molecule has 1 saturated carbocycles. The van der Waals surface area contributed by atoms with Crippen molar-refractivity contribution in [1.82, 2.24) is 4.98 Å². The monoisotopic (exact) mass is 383 g/mol. The summed E-state index contributed by atoms with van der Waals surface area (Å²) in [6, 6.07) is 13.2. The first-order chi connectivity index (χ1) is 11.7. The van der Waals surface area contributed by atoms with Gasteiger partial charge in [-0.3, -0.25) is 0 Å². The molecular formula is C22H31GeN. The van der Waals surface area contributed by atoms with Gasteiger partial charge in [-0.15, -0.1) is 0 Å². The number of aromatic nitrogens is 1. The maximum atomic E-state index is 4.94. The van der Waals surface area contributed by atoms with Crippen molar-refractivity contribution >= 4 is 17.7 Å². The molecule has 1 nitrogen and oxygen atoms in total. The molecule has 0 radical (unpaired) electrons. The van der Waals surface area contributed by atoms with Crippen LogP contribution in [-0.4, -0.2) is 18.3 Å². The van der Waals surface area contributed by atoms with Crippen molar-refractivity contribution in [2.45, 2.75) is 68.1 Å². The summed E-state index contributed by atoms with van der Waals surface area (Å²) in [5.41, 5.74) is 4.10. The van der Waals surface area contributed by atoms with Crippen molar-refractivity contribution < 1.29 is 0 Å². The van der Waals surface area contributed by atoms with Gasteiger partial charge in [-0.1, -0.05) is 0 Å². The Balaban J connectivity index is 2.11. The van der Waals surface area contributed by atoms with E-state index in [1.54, 1.807) is 9.96 Å². The van der Waals surface area contributed by atoms with Crippen LogP contribution < -0.4 is 4.40 Å². The molecule has 0 bridgehead atoms. The van der Waals surface area contributed by atoms with E-state index in [-0.39, 0.29) is 0 Å². The molecule has 0 amide bonds. The standard InChI is InChI=1S/C22H31GeN/c1-4-23(5-2,6-3)21-17-24-22(19-14-8-7-9-15-19)16-20(21)18-12-10-11-13-18/h7-9,14-18H,4-6,10-13H2,1-3H3. The summed E-state index contributed by atoms with van der Waals surface area (Å²) >= 11 is -1.98. The molecule has 0 atom stereocenters. The number of rotatable bonds is 6. The van der Waals surface area contributed by atoms with E-state index in [0.29, 0.717) is 0 Å². The fourth-order valence-corrected chi connectivity index (χ4v) is 12.7. The third-order valence-corrected chi connectivity index (χ3v) is 18.2. The van der Waals surface area contributed by atoms with Crippen LogP contribution >= 0.6 is 0 Å². The molecule has 0 saturated heterocycles. The average molecular weight is 382 g/mol. The van der Waals surface area contributed by atoms with E-state index in [0.717, 1.165) is 5.92 Å². The summed E-state index contributed by atoms with van der Waals surface area (Å²) in [7, 11) is 0. The molecule has 0 N–H and O–H groups in total. The molecule has 1 fully saturated rings. The van der Waals surface area contributed by atoms with E-state index < -0.39 is 13.3 Å². The average Bonchev–Trinajstić information content (AvgIpc) is 3.19. The van der Waals surface area contributed by atoms with Crippen molar-refractivity contribution in [3.63, 3.8) is 0 Å². The van der Waals surface area contributed by atoms with Crippen LogP contribution in [0, 0.1) is 0 Å². The fraction of sp³-hybridized carbons (Fsp3) is 0.500. The number of hydrogen-bond acceptors (Lipinski definition) is 1. The van der Waals surface area contributed by atoms with Crippen molar-refractivity contribution in [2.24, 2.45) is 0 Å². The first-order valence-electron chi connectivity index (χ1n) is 9.80. The minimum absolute atomic E-state index is 0.778. The molecule has 0 spiro atoms. The van der Waals surface area contributed by atoms with E-state index >= 15 is 0 Å². The zero-order valence-corrected chi connectivity index (χ0v) is 17.6. The first kappa shape index (κ1) is 17.7. The van der Waals surface area contributed by atoms with Gasteiger partial charge in [0, 0.05) is 0 Å². The van der Waals surface area contributed by atoms with Gasteiger partial charge < -0.3 is 0 Å². The third kappa shape index (κ3) is 3.33. The molecule has 1 aliphatic rings. The number of pyridine rings is 1. The fourth-order valence-electron chi connectivity index (χ4n) is 4.58. The zero-order valence-electron chi connectivity index (χ0n) is 15.5. The van der Waals surface area contributed by atoms with Crippen LogP contribution in [0.15, 0.2) is 42.6 Å². The third-order valence-electron chi connectivity index (χ3n) is 6.40. The molecule has 128 valence electrons. The molecular weight excluding hydrogens is 351 g/mol. The van der Waals surface area contributed by atoms with Gasteiger partial charge in [0.25, 0.3) is 0 Å². The summed E-state index contributed by atoms with van der Waals surface area (Å²) < 4.78 is 1.72. The molecule has 24 heavy (non-hydrogen) atoms. The Hall–Kier alpha value is -1.09. The molecule has 0 unspecified atom stereocenters. The molecule has 1 heterocycles. The van der Waals surface area contributed by atoms with E-state index in [9.17, 15) is 0 Å². The van der Waals surface area contributed by atoms with Gasteiger partial charge in [-0.25, -0.2) is 0 Å². The van der Waals surface area contributed by atoms with E-state index in [1.165, 1.54) is 52.7 Å². The molecule has 1 aromatic carbocycles. The van der Waals surface area contributed by atoms with Crippen molar-refractivity contribution in [3.05, 3.63) is 48.2 Å². The van der Waals surface area contributed by atoms with Crippen LogP contribution in [0.4, 0.5) is 0 Å². The summed E-state index contributed by atoms with van der Waals surface area (Å²) in [6.45, 7) is 7.28. The van der Waals surface area contributed by atoms with Crippen LogP contribution in [0.1, 0.15) is 57.9 Å². The van der Waals surface area contributed by atoms with Gasteiger partial charge in [-0.05, 0) is 0 Å². The van der Waals surface area contributed by atoms with Crippen LogP contribution in [0.25, 0.3) is 11.3 Å². The van der Waals surface area contributed by atoms with Crippen molar-refractivity contribution in [2.75, 3.05) is 0 Å². The van der Waals surface area contributed by atoms with Gasteiger partial charge in [0.05, 0.1) is 0 Å². The number of nitrogens with zero attached hydrogens (tertiary/aromatic N) is 1. The van der Waals surface area contributed by atoms with E-state index in [4.69, 9.17) is 4.98 Å².